The number of aromatic carboxylic acids is 1. The van der Waals surface area contributed by atoms with Gasteiger partial charge in [-0.05, 0) is 30.3 Å². The van der Waals surface area contributed by atoms with Crippen molar-refractivity contribution in [1.82, 2.24) is 9.78 Å². The molecule has 0 atom stereocenters. The molecule has 3 aromatic rings. The summed E-state index contributed by atoms with van der Waals surface area (Å²) >= 11 is 0. The Morgan fingerprint density at radius 2 is 1.80 bits per heavy atom. The van der Waals surface area contributed by atoms with Gasteiger partial charge in [0.25, 0.3) is 0 Å². The van der Waals surface area contributed by atoms with Crippen LogP contribution in [-0.2, 0) is 0 Å². The predicted octanol–water partition coefficient (Wildman–Crippen LogP) is 2.52. The summed E-state index contributed by atoms with van der Waals surface area (Å²) < 4.78 is 1.57. The van der Waals surface area contributed by atoms with Crippen LogP contribution in [0.4, 0.5) is 5.69 Å². The van der Waals surface area contributed by atoms with Crippen LogP contribution in [0.15, 0.2) is 48.5 Å². The van der Waals surface area contributed by atoms with Gasteiger partial charge in [-0.15, -0.1) is 0 Å². The summed E-state index contributed by atoms with van der Waals surface area (Å²) in [5.41, 5.74) is 4.04. The molecule has 1 heterocycles. The summed E-state index contributed by atoms with van der Waals surface area (Å²) in [6, 6.07) is 14.0. The van der Waals surface area contributed by atoms with Gasteiger partial charge in [-0.2, -0.15) is 5.10 Å². The van der Waals surface area contributed by atoms with Crippen molar-refractivity contribution in [1.29, 1.82) is 0 Å². The zero-order valence-electron chi connectivity index (χ0n) is 10.3. The maximum Gasteiger partial charge on any atom is 0.357 e. The minimum absolute atomic E-state index is 0.0185. The van der Waals surface area contributed by atoms with Crippen LogP contribution >= 0.6 is 0 Å². The Kier molecular flexibility index (Phi) is 2.85. The second-order valence-electron chi connectivity index (χ2n) is 4.24. The molecule has 6 nitrogen and oxygen atoms in total. The summed E-state index contributed by atoms with van der Waals surface area (Å²) in [5, 5.41) is 22.7. The van der Waals surface area contributed by atoms with Gasteiger partial charge >= 0.3 is 5.97 Å². The highest BCUT2D eigenvalue weighted by Crippen LogP contribution is 2.22. The number of anilines is 1. The van der Waals surface area contributed by atoms with Crippen LogP contribution in [0.2, 0.25) is 0 Å². The van der Waals surface area contributed by atoms with Gasteiger partial charge in [-0.25, -0.2) is 9.48 Å². The first-order valence-corrected chi connectivity index (χ1v) is 5.92. The highest BCUT2D eigenvalue weighted by molar-refractivity contribution is 6.01. The first kappa shape index (κ1) is 12.2. The van der Waals surface area contributed by atoms with Crippen LogP contribution in [0.1, 0.15) is 10.5 Å². The summed E-state index contributed by atoms with van der Waals surface area (Å²) in [7, 11) is 0. The molecule has 0 spiro atoms. The molecule has 0 aliphatic heterocycles. The number of para-hydroxylation sites is 1. The molecule has 3 N–H and O–H groups in total. The number of nitrogens with zero attached hydrogens (tertiary/aromatic N) is 2. The van der Waals surface area contributed by atoms with Crippen LogP contribution < -0.4 is 5.48 Å². The monoisotopic (exact) mass is 269 g/mol. The zero-order chi connectivity index (χ0) is 14.1. The molecular formula is C14H11N3O3. The molecule has 0 saturated heterocycles. The number of nitrogens with one attached hydrogen (secondary N) is 1. The molecule has 2 aromatic carbocycles. The van der Waals surface area contributed by atoms with Gasteiger partial charge in [0.05, 0.1) is 16.9 Å². The van der Waals surface area contributed by atoms with Crippen LogP contribution in [-0.4, -0.2) is 26.1 Å². The number of carboxylic acid groups (broad SMARTS) is 1. The fraction of sp³-hybridized carbons (Fsp3) is 0. The van der Waals surface area contributed by atoms with Crippen molar-refractivity contribution in [2.45, 2.75) is 0 Å². The molecule has 20 heavy (non-hydrogen) atoms. The van der Waals surface area contributed by atoms with Crippen molar-refractivity contribution in [2.75, 3.05) is 5.48 Å². The third kappa shape index (κ3) is 1.88. The molecule has 0 saturated carbocycles. The smallest absolute Gasteiger partial charge is 0.357 e. The van der Waals surface area contributed by atoms with E-state index in [2.05, 4.69) is 5.10 Å². The average molecular weight is 269 g/mol. The maximum absolute atomic E-state index is 11.2. The van der Waals surface area contributed by atoms with Crippen molar-refractivity contribution in [3.05, 3.63) is 54.2 Å². The third-order valence-electron chi connectivity index (χ3n) is 3.03. The molecular weight excluding hydrogens is 258 g/mol. The molecule has 0 bridgehead atoms. The number of fused-ring (bicyclic) bond motifs is 1. The van der Waals surface area contributed by atoms with E-state index >= 15 is 0 Å². The Bertz CT molecular complexity index is 778. The van der Waals surface area contributed by atoms with Crippen LogP contribution in [0.5, 0.6) is 0 Å². The number of hydrogen-bond donors (Lipinski definition) is 3. The van der Waals surface area contributed by atoms with Gasteiger partial charge in [0.15, 0.2) is 5.69 Å². The van der Waals surface area contributed by atoms with Gasteiger partial charge in [0.1, 0.15) is 0 Å². The Hall–Kier alpha value is -2.86. The van der Waals surface area contributed by atoms with E-state index in [0.717, 1.165) is 5.52 Å². The van der Waals surface area contributed by atoms with E-state index in [1.165, 1.54) is 0 Å². The van der Waals surface area contributed by atoms with Gasteiger partial charge in [-0.1, -0.05) is 18.2 Å². The largest absolute Gasteiger partial charge is 0.476 e. The van der Waals surface area contributed by atoms with E-state index in [-0.39, 0.29) is 5.69 Å². The van der Waals surface area contributed by atoms with Crippen molar-refractivity contribution in [3.8, 4) is 5.69 Å². The molecule has 0 unspecified atom stereocenters. The lowest BCUT2D eigenvalue weighted by molar-refractivity contribution is 0.0692. The molecule has 6 heteroatoms. The summed E-state index contributed by atoms with van der Waals surface area (Å²) in [6.07, 6.45) is 0. The molecule has 1 aromatic heterocycles. The van der Waals surface area contributed by atoms with Crippen LogP contribution in [0.25, 0.3) is 16.6 Å². The summed E-state index contributed by atoms with van der Waals surface area (Å²) in [5.74, 6) is -1.06. The first-order valence-electron chi connectivity index (χ1n) is 5.92. The lowest BCUT2D eigenvalue weighted by Gasteiger charge is -2.04. The lowest BCUT2D eigenvalue weighted by Crippen LogP contribution is -2.01. The van der Waals surface area contributed by atoms with Gasteiger partial charge in [0.2, 0.25) is 0 Å². The van der Waals surface area contributed by atoms with E-state index in [1.807, 2.05) is 17.6 Å². The van der Waals surface area contributed by atoms with Crippen molar-refractivity contribution in [2.24, 2.45) is 0 Å². The average Bonchev–Trinajstić information content (AvgIpc) is 2.87. The normalized spacial score (nSPS) is 10.7. The Balaban J connectivity index is 2.22. The quantitative estimate of drug-likeness (QED) is 0.636. The topological polar surface area (TPSA) is 87.4 Å². The Morgan fingerprint density at radius 3 is 2.45 bits per heavy atom. The molecule has 0 radical (unpaired) electrons. The standard InChI is InChI=1S/C14H11N3O3/c18-14(19)13-11-3-1-2-4-12(11)17(15-13)10-7-5-9(16-20)6-8-10/h1-8,16,20H,(H,18,19). The Morgan fingerprint density at radius 1 is 1.10 bits per heavy atom. The fourth-order valence-electron chi connectivity index (χ4n) is 2.10. The van der Waals surface area contributed by atoms with E-state index < -0.39 is 5.97 Å². The SMILES string of the molecule is O=C(O)c1nn(-c2ccc(NO)cc2)c2ccccc12. The van der Waals surface area contributed by atoms with Crippen LogP contribution in [0, 0.1) is 0 Å². The highest BCUT2D eigenvalue weighted by atomic mass is 16.5. The van der Waals surface area contributed by atoms with Gasteiger partial charge in [0, 0.05) is 5.39 Å². The minimum Gasteiger partial charge on any atom is -0.476 e. The molecule has 0 aliphatic rings. The second-order valence-corrected chi connectivity index (χ2v) is 4.24. The number of rotatable bonds is 3. The molecule has 3 rings (SSSR count). The molecule has 0 aliphatic carbocycles. The van der Waals surface area contributed by atoms with Gasteiger partial charge < -0.3 is 5.11 Å². The van der Waals surface area contributed by atoms with Crippen LogP contribution in [0.3, 0.4) is 0 Å². The number of carboxylic acids is 1. The highest BCUT2D eigenvalue weighted by Gasteiger charge is 2.16. The number of aromatic nitrogens is 2. The third-order valence-corrected chi connectivity index (χ3v) is 3.03. The predicted molar refractivity (Wildman–Crippen MR) is 73.4 cm³/mol. The Labute approximate surface area is 113 Å². The number of benzene rings is 2. The number of hydrogen-bond acceptors (Lipinski definition) is 4. The van der Waals surface area contributed by atoms with E-state index in [0.29, 0.717) is 16.8 Å². The second kappa shape index (κ2) is 4.67. The molecule has 100 valence electrons. The first-order chi connectivity index (χ1) is 9.70. The molecule has 0 amide bonds. The minimum atomic E-state index is -1.06. The zero-order valence-corrected chi connectivity index (χ0v) is 10.3. The fourth-order valence-corrected chi connectivity index (χ4v) is 2.10. The summed E-state index contributed by atoms with van der Waals surface area (Å²) in [6.45, 7) is 0. The van der Waals surface area contributed by atoms with E-state index in [4.69, 9.17) is 5.21 Å². The molecule has 0 fully saturated rings. The van der Waals surface area contributed by atoms with Crippen molar-refractivity contribution in [3.63, 3.8) is 0 Å². The van der Waals surface area contributed by atoms with Crippen molar-refractivity contribution >= 4 is 22.6 Å². The maximum atomic E-state index is 11.2. The van der Waals surface area contributed by atoms with Gasteiger partial charge in [-0.3, -0.25) is 10.7 Å². The van der Waals surface area contributed by atoms with Crippen molar-refractivity contribution < 1.29 is 15.1 Å². The van der Waals surface area contributed by atoms with E-state index in [1.54, 1.807) is 41.1 Å². The summed E-state index contributed by atoms with van der Waals surface area (Å²) in [4.78, 5) is 11.2. The van der Waals surface area contributed by atoms with E-state index in [9.17, 15) is 9.90 Å². The lowest BCUT2D eigenvalue weighted by atomic mass is 10.2. The number of carbonyl (C=O) groups is 1.